The molecular weight excluding hydrogens is 186 g/mol. The Bertz CT molecular complexity index is 284. The molecule has 0 aliphatic rings. The van der Waals surface area contributed by atoms with Crippen LogP contribution in [0.1, 0.15) is 31.4 Å². The van der Waals surface area contributed by atoms with Crippen LogP contribution < -0.4 is 5.32 Å². The van der Waals surface area contributed by atoms with Gasteiger partial charge in [-0.1, -0.05) is 38.1 Å². The van der Waals surface area contributed by atoms with Gasteiger partial charge in [0, 0.05) is 6.54 Å². The highest BCUT2D eigenvalue weighted by Crippen LogP contribution is 2.05. The Kier molecular flexibility index (Phi) is 5.37. The molecule has 0 amide bonds. The standard InChI is InChI=1S/C13H21NO/c1-11(2)6-7-14-9-12-4-3-5-13(8-12)10-15/h3-5,8,11,14-15H,6-7,9-10H2,1-2H3. The van der Waals surface area contributed by atoms with E-state index in [4.69, 9.17) is 5.11 Å². The van der Waals surface area contributed by atoms with Crippen LogP contribution >= 0.6 is 0 Å². The van der Waals surface area contributed by atoms with E-state index < -0.39 is 0 Å². The quantitative estimate of drug-likeness (QED) is 0.702. The fourth-order valence-electron chi connectivity index (χ4n) is 1.46. The van der Waals surface area contributed by atoms with E-state index in [9.17, 15) is 0 Å². The predicted octanol–water partition coefficient (Wildman–Crippen LogP) is 2.31. The molecule has 0 unspecified atom stereocenters. The molecule has 1 rings (SSSR count). The average Bonchev–Trinajstić information content (AvgIpc) is 2.24. The Labute approximate surface area is 92.3 Å². The van der Waals surface area contributed by atoms with Crippen LogP contribution in [-0.4, -0.2) is 11.7 Å². The average molecular weight is 207 g/mol. The molecule has 0 atom stereocenters. The van der Waals surface area contributed by atoms with Gasteiger partial charge in [-0.25, -0.2) is 0 Å². The van der Waals surface area contributed by atoms with Crippen molar-refractivity contribution in [1.82, 2.24) is 5.32 Å². The molecule has 1 aromatic carbocycles. The van der Waals surface area contributed by atoms with Gasteiger partial charge in [-0.15, -0.1) is 0 Å². The summed E-state index contributed by atoms with van der Waals surface area (Å²) in [7, 11) is 0. The van der Waals surface area contributed by atoms with Gasteiger partial charge in [0.2, 0.25) is 0 Å². The molecule has 0 aromatic heterocycles. The van der Waals surface area contributed by atoms with Crippen molar-refractivity contribution < 1.29 is 5.11 Å². The van der Waals surface area contributed by atoms with Gasteiger partial charge in [0.25, 0.3) is 0 Å². The molecule has 0 bridgehead atoms. The highest BCUT2D eigenvalue weighted by molar-refractivity contribution is 5.22. The van der Waals surface area contributed by atoms with Crippen LogP contribution in [0.25, 0.3) is 0 Å². The molecule has 0 heterocycles. The van der Waals surface area contributed by atoms with Crippen LogP contribution in [0.3, 0.4) is 0 Å². The lowest BCUT2D eigenvalue weighted by Crippen LogP contribution is -2.16. The van der Waals surface area contributed by atoms with Crippen LogP contribution in [0.15, 0.2) is 24.3 Å². The summed E-state index contributed by atoms with van der Waals surface area (Å²) in [6, 6.07) is 8.06. The highest BCUT2D eigenvalue weighted by Gasteiger charge is 1.96. The zero-order chi connectivity index (χ0) is 11.1. The predicted molar refractivity (Wildman–Crippen MR) is 63.5 cm³/mol. The van der Waals surface area contributed by atoms with Crippen LogP contribution in [0.4, 0.5) is 0 Å². The molecule has 15 heavy (non-hydrogen) atoms. The monoisotopic (exact) mass is 207 g/mol. The summed E-state index contributed by atoms with van der Waals surface area (Å²) in [5.74, 6) is 0.751. The van der Waals surface area contributed by atoms with Gasteiger partial charge >= 0.3 is 0 Å². The number of hydrogen-bond donors (Lipinski definition) is 2. The van der Waals surface area contributed by atoms with Crippen molar-refractivity contribution in [3.05, 3.63) is 35.4 Å². The minimum Gasteiger partial charge on any atom is -0.392 e. The van der Waals surface area contributed by atoms with Crippen molar-refractivity contribution in [3.63, 3.8) is 0 Å². The van der Waals surface area contributed by atoms with Gasteiger partial charge in [0.1, 0.15) is 0 Å². The lowest BCUT2D eigenvalue weighted by Gasteiger charge is -2.07. The second-order valence-electron chi connectivity index (χ2n) is 4.34. The molecule has 0 fully saturated rings. The molecule has 2 nitrogen and oxygen atoms in total. The first kappa shape index (κ1) is 12.2. The van der Waals surface area contributed by atoms with Crippen LogP contribution in [-0.2, 0) is 13.2 Å². The fraction of sp³-hybridized carbons (Fsp3) is 0.538. The maximum absolute atomic E-state index is 8.99. The lowest BCUT2D eigenvalue weighted by molar-refractivity contribution is 0.281. The maximum Gasteiger partial charge on any atom is 0.0681 e. The zero-order valence-corrected chi connectivity index (χ0v) is 9.66. The van der Waals surface area contributed by atoms with Gasteiger partial charge in [-0.2, -0.15) is 0 Å². The topological polar surface area (TPSA) is 32.3 Å². The third kappa shape index (κ3) is 4.96. The largest absolute Gasteiger partial charge is 0.392 e. The van der Waals surface area contributed by atoms with Crippen molar-refractivity contribution in [1.29, 1.82) is 0 Å². The fourth-order valence-corrected chi connectivity index (χ4v) is 1.46. The number of nitrogens with one attached hydrogen (secondary N) is 1. The number of benzene rings is 1. The minimum absolute atomic E-state index is 0.125. The Hall–Kier alpha value is -0.860. The molecule has 0 saturated carbocycles. The molecule has 0 spiro atoms. The Morgan fingerprint density at radius 2 is 2.00 bits per heavy atom. The second-order valence-corrected chi connectivity index (χ2v) is 4.34. The molecule has 0 saturated heterocycles. The number of aliphatic hydroxyl groups is 1. The normalized spacial score (nSPS) is 10.9. The van der Waals surface area contributed by atoms with Crippen molar-refractivity contribution in [3.8, 4) is 0 Å². The van der Waals surface area contributed by atoms with Crippen molar-refractivity contribution >= 4 is 0 Å². The van der Waals surface area contributed by atoms with Gasteiger partial charge in [0.05, 0.1) is 6.61 Å². The van der Waals surface area contributed by atoms with E-state index in [1.807, 2.05) is 18.2 Å². The third-order valence-electron chi connectivity index (χ3n) is 2.40. The summed E-state index contributed by atoms with van der Waals surface area (Å²) in [6.45, 7) is 6.53. The zero-order valence-electron chi connectivity index (χ0n) is 9.66. The Morgan fingerprint density at radius 3 is 2.67 bits per heavy atom. The SMILES string of the molecule is CC(C)CCNCc1cccc(CO)c1. The van der Waals surface area contributed by atoms with Gasteiger partial charge < -0.3 is 10.4 Å². The number of rotatable bonds is 6. The Balaban J connectivity index is 2.30. The van der Waals surface area contributed by atoms with E-state index in [0.717, 1.165) is 24.6 Å². The minimum atomic E-state index is 0.125. The molecule has 0 aliphatic carbocycles. The summed E-state index contributed by atoms with van der Waals surface area (Å²) in [5, 5.41) is 12.4. The molecule has 1 aromatic rings. The summed E-state index contributed by atoms with van der Waals surface area (Å²) >= 11 is 0. The van der Waals surface area contributed by atoms with E-state index in [2.05, 4.69) is 25.2 Å². The molecule has 0 radical (unpaired) electrons. The summed E-state index contributed by atoms with van der Waals surface area (Å²) in [6.07, 6.45) is 1.21. The van der Waals surface area contributed by atoms with Crippen LogP contribution in [0.2, 0.25) is 0 Å². The van der Waals surface area contributed by atoms with E-state index in [1.165, 1.54) is 12.0 Å². The van der Waals surface area contributed by atoms with Crippen LogP contribution in [0, 0.1) is 5.92 Å². The number of aliphatic hydroxyl groups excluding tert-OH is 1. The van der Waals surface area contributed by atoms with E-state index in [0.29, 0.717) is 0 Å². The van der Waals surface area contributed by atoms with E-state index in [1.54, 1.807) is 0 Å². The molecular formula is C13H21NO. The summed E-state index contributed by atoms with van der Waals surface area (Å²) < 4.78 is 0. The van der Waals surface area contributed by atoms with Gasteiger partial charge in [-0.3, -0.25) is 0 Å². The summed E-state index contributed by atoms with van der Waals surface area (Å²) in [4.78, 5) is 0. The first-order valence-corrected chi connectivity index (χ1v) is 5.61. The molecule has 2 N–H and O–H groups in total. The second kappa shape index (κ2) is 6.59. The third-order valence-corrected chi connectivity index (χ3v) is 2.40. The number of hydrogen-bond acceptors (Lipinski definition) is 2. The summed E-state index contributed by atoms with van der Waals surface area (Å²) in [5.41, 5.74) is 2.23. The molecule has 0 aliphatic heterocycles. The van der Waals surface area contributed by atoms with Crippen molar-refractivity contribution in [2.24, 2.45) is 5.92 Å². The van der Waals surface area contributed by atoms with Gasteiger partial charge in [-0.05, 0) is 30.0 Å². The van der Waals surface area contributed by atoms with Gasteiger partial charge in [0.15, 0.2) is 0 Å². The molecule has 2 heteroatoms. The van der Waals surface area contributed by atoms with Crippen molar-refractivity contribution in [2.45, 2.75) is 33.4 Å². The van der Waals surface area contributed by atoms with Crippen molar-refractivity contribution in [2.75, 3.05) is 6.54 Å². The lowest BCUT2D eigenvalue weighted by atomic mass is 10.1. The highest BCUT2D eigenvalue weighted by atomic mass is 16.3. The smallest absolute Gasteiger partial charge is 0.0681 e. The van der Waals surface area contributed by atoms with Crippen LogP contribution in [0.5, 0.6) is 0 Å². The first-order chi connectivity index (χ1) is 7.22. The Morgan fingerprint density at radius 1 is 1.27 bits per heavy atom. The first-order valence-electron chi connectivity index (χ1n) is 5.61. The molecule has 84 valence electrons. The maximum atomic E-state index is 8.99. The van der Waals surface area contributed by atoms with E-state index in [-0.39, 0.29) is 6.61 Å². The van der Waals surface area contributed by atoms with E-state index >= 15 is 0 Å².